The quantitative estimate of drug-likeness (QED) is 0.755. The average Bonchev–Trinajstić information content (AvgIpc) is 2.42. The minimum absolute atomic E-state index is 0.0794. The highest BCUT2D eigenvalue weighted by molar-refractivity contribution is 7.11. The highest BCUT2D eigenvalue weighted by Gasteiger charge is 2.15. The van der Waals surface area contributed by atoms with Gasteiger partial charge in [-0.2, -0.15) is 0 Å². The number of aliphatic carboxylic acids is 1. The maximum Gasteiger partial charge on any atom is 0.317 e. The van der Waals surface area contributed by atoms with Crippen LogP contribution in [-0.2, 0) is 16.1 Å². The van der Waals surface area contributed by atoms with E-state index < -0.39 is 11.9 Å². The third-order valence-corrected chi connectivity index (χ3v) is 3.23. The van der Waals surface area contributed by atoms with Crippen LogP contribution in [0.4, 0.5) is 0 Å². The van der Waals surface area contributed by atoms with Crippen molar-refractivity contribution in [2.75, 3.05) is 13.1 Å². The summed E-state index contributed by atoms with van der Waals surface area (Å²) in [6, 6.07) is 0. The number of hydrogen-bond acceptors (Lipinski definition) is 5. The lowest BCUT2D eigenvalue weighted by Gasteiger charge is -2.16. The number of aryl methyl sites for hydroxylation is 2. The molecule has 0 aromatic carbocycles. The summed E-state index contributed by atoms with van der Waals surface area (Å²) in [4.78, 5) is 28.3. The summed E-state index contributed by atoms with van der Waals surface area (Å²) in [5.74, 6) is -1.53. The smallest absolute Gasteiger partial charge is 0.317 e. The molecule has 1 amide bonds. The molecule has 7 heteroatoms. The molecule has 0 aliphatic rings. The van der Waals surface area contributed by atoms with E-state index >= 15 is 0 Å². The monoisotopic (exact) mass is 257 g/mol. The van der Waals surface area contributed by atoms with Gasteiger partial charge in [-0.15, -0.1) is 11.3 Å². The van der Waals surface area contributed by atoms with Crippen molar-refractivity contribution >= 4 is 23.2 Å². The lowest BCUT2D eigenvalue weighted by molar-refractivity contribution is -0.138. The van der Waals surface area contributed by atoms with Crippen molar-refractivity contribution in [3.05, 3.63) is 15.6 Å². The standard InChI is InChI=1S/C10H15N3O3S/c1-6-7(2)17-9(12-6)4-13(3-8(11)14)5-10(15)16/h3-5H2,1-2H3,(H2,11,14)(H,15,16). The van der Waals surface area contributed by atoms with Gasteiger partial charge in [-0.3, -0.25) is 14.5 Å². The van der Waals surface area contributed by atoms with E-state index in [1.54, 1.807) is 0 Å². The van der Waals surface area contributed by atoms with Crippen LogP contribution in [0.1, 0.15) is 15.6 Å². The fraction of sp³-hybridized carbons (Fsp3) is 0.500. The Morgan fingerprint density at radius 2 is 2.06 bits per heavy atom. The fourth-order valence-electron chi connectivity index (χ4n) is 1.38. The average molecular weight is 257 g/mol. The molecule has 0 atom stereocenters. The molecule has 0 saturated carbocycles. The molecule has 0 bridgehead atoms. The van der Waals surface area contributed by atoms with E-state index in [1.165, 1.54) is 16.2 Å². The number of amides is 1. The zero-order valence-corrected chi connectivity index (χ0v) is 10.6. The lowest BCUT2D eigenvalue weighted by Crippen LogP contribution is -2.36. The third-order valence-electron chi connectivity index (χ3n) is 2.17. The normalized spacial score (nSPS) is 10.8. The first-order valence-corrected chi connectivity index (χ1v) is 5.85. The molecule has 0 saturated heterocycles. The van der Waals surface area contributed by atoms with Crippen LogP contribution in [0.2, 0.25) is 0 Å². The van der Waals surface area contributed by atoms with Gasteiger partial charge in [-0.1, -0.05) is 0 Å². The summed E-state index contributed by atoms with van der Waals surface area (Å²) < 4.78 is 0. The minimum atomic E-state index is -0.990. The number of thiazole rings is 1. The molecular weight excluding hydrogens is 242 g/mol. The van der Waals surface area contributed by atoms with E-state index in [0.717, 1.165) is 15.6 Å². The summed E-state index contributed by atoms with van der Waals surface area (Å²) >= 11 is 1.50. The van der Waals surface area contributed by atoms with Crippen LogP contribution in [-0.4, -0.2) is 40.0 Å². The topological polar surface area (TPSA) is 96.5 Å². The van der Waals surface area contributed by atoms with E-state index in [0.29, 0.717) is 6.54 Å². The second-order valence-corrected chi connectivity index (χ2v) is 5.04. The molecule has 0 unspecified atom stereocenters. The van der Waals surface area contributed by atoms with Crippen LogP contribution in [0.5, 0.6) is 0 Å². The number of primary amides is 1. The van der Waals surface area contributed by atoms with E-state index in [-0.39, 0.29) is 13.1 Å². The van der Waals surface area contributed by atoms with Gasteiger partial charge in [0.2, 0.25) is 5.91 Å². The largest absolute Gasteiger partial charge is 0.480 e. The Morgan fingerprint density at radius 1 is 1.41 bits per heavy atom. The second kappa shape index (κ2) is 5.74. The van der Waals surface area contributed by atoms with Crippen LogP contribution in [0.25, 0.3) is 0 Å². The van der Waals surface area contributed by atoms with Gasteiger partial charge in [0, 0.05) is 4.88 Å². The number of carboxylic acids is 1. The Bertz CT molecular complexity index is 395. The van der Waals surface area contributed by atoms with Crippen molar-refractivity contribution < 1.29 is 14.7 Å². The lowest BCUT2D eigenvalue weighted by atomic mass is 10.4. The van der Waals surface area contributed by atoms with Crippen LogP contribution < -0.4 is 5.73 Å². The molecule has 1 aromatic heterocycles. The second-order valence-electron chi connectivity index (χ2n) is 3.75. The van der Waals surface area contributed by atoms with Gasteiger partial charge in [0.15, 0.2) is 0 Å². The van der Waals surface area contributed by atoms with Crippen LogP contribution in [0.15, 0.2) is 0 Å². The molecule has 17 heavy (non-hydrogen) atoms. The van der Waals surface area contributed by atoms with Crippen molar-refractivity contribution in [3.63, 3.8) is 0 Å². The predicted octanol–water partition coefficient (Wildman–Crippen LogP) is 0.132. The first kappa shape index (κ1) is 13.6. The van der Waals surface area contributed by atoms with E-state index in [1.807, 2.05) is 13.8 Å². The van der Waals surface area contributed by atoms with Crippen LogP contribution >= 0.6 is 11.3 Å². The molecule has 1 aromatic rings. The molecule has 6 nitrogen and oxygen atoms in total. The molecule has 0 spiro atoms. The van der Waals surface area contributed by atoms with E-state index in [2.05, 4.69) is 4.98 Å². The van der Waals surface area contributed by atoms with Crippen LogP contribution in [0, 0.1) is 13.8 Å². The Balaban J connectivity index is 2.70. The van der Waals surface area contributed by atoms with Gasteiger partial charge < -0.3 is 10.8 Å². The zero-order valence-electron chi connectivity index (χ0n) is 9.77. The van der Waals surface area contributed by atoms with Gasteiger partial charge in [0.05, 0.1) is 25.3 Å². The highest BCUT2D eigenvalue weighted by Crippen LogP contribution is 2.17. The van der Waals surface area contributed by atoms with Gasteiger partial charge in [0.1, 0.15) is 5.01 Å². The van der Waals surface area contributed by atoms with Crippen molar-refractivity contribution in [1.82, 2.24) is 9.88 Å². The Kier molecular flexibility index (Phi) is 4.59. The minimum Gasteiger partial charge on any atom is -0.480 e. The Morgan fingerprint density at radius 3 is 2.47 bits per heavy atom. The molecule has 1 rings (SSSR count). The number of carboxylic acid groups (broad SMARTS) is 1. The number of hydrogen-bond donors (Lipinski definition) is 2. The maximum absolute atomic E-state index is 10.8. The molecule has 0 aliphatic carbocycles. The maximum atomic E-state index is 10.8. The van der Waals surface area contributed by atoms with E-state index in [4.69, 9.17) is 10.8 Å². The molecule has 0 aliphatic heterocycles. The zero-order chi connectivity index (χ0) is 13.0. The first-order chi connectivity index (χ1) is 7.88. The van der Waals surface area contributed by atoms with Gasteiger partial charge in [-0.05, 0) is 13.8 Å². The van der Waals surface area contributed by atoms with Crippen molar-refractivity contribution in [3.8, 4) is 0 Å². The Labute approximate surface area is 103 Å². The van der Waals surface area contributed by atoms with Crippen molar-refractivity contribution in [1.29, 1.82) is 0 Å². The molecular formula is C10H15N3O3S. The molecule has 1 heterocycles. The van der Waals surface area contributed by atoms with Gasteiger partial charge in [0.25, 0.3) is 0 Å². The van der Waals surface area contributed by atoms with Gasteiger partial charge >= 0.3 is 5.97 Å². The summed E-state index contributed by atoms with van der Waals surface area (Å²) in [6.45, 7) is 3.87. The number of aromatic nitrogens is 1. The molecule has 0 fully saturated rings. The summed E-state index contributed by atoms with van der Waals surface area (Å²) in [5, 5.41) is 9.52. The van der Waals surface area contributed by atoms with Gasteiger partial charge in [-0.25, -0.2) is 4.98 Å². The van der Waals surface area contributed by atoms with Crippen molar-refractivity contribution in [2.24, 2.45) is 5.73 Å². The number of rotatable bonds is 6. The molecule has 0 radical (unpaired) electrons. The number of nitrogens with two attached hydrogens (primary N) is 1. The molecule has 94 valence electrons. The first-order valence-electron chi connectivity index (χ1n) is 5.04. The Hall–Kier alpha value is -1.47. The highest BCUT2D eigenvalue weighted by atomic mass is 32.1. The summed E-state index contributed by atoms with van der Waals surface area (Å²) in [7, 11) is 0. The predicted molar refractivity (Wildman–Crippen MR) is 63.7 cm³/mol. The summed E-state index contributed by atoms with van der Waals surface area (Å²) in [5.41, 5.74) is 6.00. The van der Waals surface area contributed by atoms with E-state index in [9.17, 15) is 9.59 Å². The SMILES string of the molecule is Cc1nc(CN(CC(N)=O)CC(=O)O)sc1C. The number of nitrogens with zero attached hydrogens (tertiary/aromatic N) is 2. The molecule has 3 N–H and O–H groups in total. The summed E-state index contributed by atoms with van der Waals surface area (Å²) in [6.07, 6.45) is 0. The van der Waals surface area contributed by atoms with Crippen molar-refractivity contribution in [2.45, 2.75) is 20.4 Å². The third kappa shape index (κ3) is 4.49. The number of carbonyl (C=O) groups excluding carboxylic acids is 1. The fourth-order valence-corrected chi connectivity index (χ4v) is 2.35. The number of carbonyl (C=O) groups is 2. The van der Waals surface area contributed by atoms with Crippen LogP contribution in [0.3, 0.4) is 0 Å².